The number of amides is 1. The summed E-state index contributed by atoms with van der Waals surface area (Å²) in [5.41, 5.74) is 0. The third-order valence-electron chi connectivity index (χ3n) is 2.68. The second kappa shape index (κ2) is 7.55. The second-order valence-electron chi connectivity index (χ2n) is 4.08. The molecule has 0 aliphatic carbocycles. The fourth-order valence-electron chi connectivity index (χ4n) is 1.76. The van der Waals surface area contributed by atoms with Crippen molar-refractivity contribution in [2.24, 2.45) is 0 Å². The van der Waals surface area contributed by atoms with E-state index in [-0.39, 0.29) is 18.4 Å². The Morgan fingerprint density at radius 3 is 2.88 bits per heavy atom. The largest absolute Gasteiger partial charge is 0.480 e. The van der Waals surface area contributed by atoms with E-state index in [0.717, 1.165) is 18.6 Å². The Balaban J connectivity index is 2.32. The van der Waals surface area contributed by atoms with E-state index in [1.165, 1.54) is 0 Å². The van der Waals surface area contributed by atoms with Crippen LogP contribution in [0.3, 0.4) is 0 Å². The van der Waals surface area contributed by atoms with Gasteiger partial charge in [0.2, 0.25) is 5.91 Å². The molecule has 2 atom stereocenters. The fraction of sp³-hybridized carbons (Fsp3) is 0.818. The molecule has 1 aliphatic rings. The van der Waals surface area contributed by atoms with E-state index in [1.807, 2.05) is 6.26 Å². The van der Waals surface area contributed by atoms with Gasteiger partial charge in [-0.25, -0.2) is 4.79 Å². The highest BCUT2D eigenvalue weighted by Gasteiger charge is 2.23. The number of rotatable bonds is 7. The summed E-state index contributed by atoms with van der Waals surface area (Å²) in [5, 5.41) is 11.5. The van der Waals surface area contributed by atoms with E-state index >= 15 is 0 Å². The monoisotopic (exact) mass is 261 g/mol. The Hall–Kier alpha value is -0.750. The van der Waals surface area contributed by atoms with Gasteiger partial charge in [0.15, 0.2) is 0 Å². The molecule has 2 unspecified atom stereocenters. The molecule has 6 heteroatoms. The number of aliphatic carboxylic acids is 1. The first-order valence-electron chi connectivity index (χ1n) is 5.76. The summed E-state index contributed by atoms with van der Waals surface area (Å²) in [4.78, 5) is 22.5. The number of carbonyl (C=O) groups excluding carboxylic acids is 1. The van der Waals surface area contributed by atoms with Crippen LogP contribution in [0.25, 0.3) is 0 Å². The maximum Gasteiger partial charge on any atom is 0.326 e. The lowest BCUT2D eigenvalue weighted by Gasteiger charge is -2.15. The molecule has 1 aliphatic heterocycles. The van der Waals surface area contributed by atoms with Gasteiger partial charge in [-0.1, -0.05) is 0 Å². The van der Waals surface area contributed by atoms with Crippen LogP contribution in [0.4, 0.5) is 0 Å². The Morgan fingerprint density at radius 2 is 2.35 bits per heavy atom. The quantitative estimate of drug-likeness (QED) is 0.711. The molecule has 1 rings (SSSR count). The van der Waals surface area contributed by atoms with Crippen LogP contribution in [0.1, 0.15) is 25.7 Å². The van der Waals surface area contributed by atoms with Crippen LogP contribution < -0.4 is 5.32 Å². The molecule has 1 saturated heterocycles. The molecule has 1 heterocycles. The number of carbonyl (C=O) groups is 2. The van der Waals surface area contributed by atoms with E-state index in [9.17, 15) is 9.59 Å². The molecule has 2 N–H and O–H groups in total. The predicted octanol–water partition coefficient (Wildman–Crippen LogP) is 0.878. The lowest BCUT2D eigenvalue weighted by atomic mass is 10.1. The van der Waals surface area contributed by atoms with Crippen molar-refractivity contribution in [1.29, 1.82) is 0 Å². The molecule has 1 amide bonds. The number of hydrogen-bond donors (Lipinski definition) is 2. The summed E-state index contributed by atoms with van der Waals surface area (Å²) in [6, 6.07) is -0.781. The van der Waals surface area contributed by atoms with Gasteiger partial charge in [0.05, 0.1) is 12.5 Å². The standard InChI is InChI=1S/C11H19NO4S/c1-17-6-4-9(11(14)15)12-10(13)7-8-3-2-5-16-8/h8-9H,2-7H2,1H3,(H,12,13)(H,14,15). The molecule has 0 aromatic rings. The minimum atomic E-state index is -0.972. The number of ether oxygens (including phenoxy) is 1. The van der Waals surface area contributed by atoms with Gasteiger partial charge in [0.1, 0.15) is 6.04 Å². The van der Waals surface area contributed by atoms with Crippen molar-refractivity contribution in [3.63, 3.8) is 0 Å². The van der Waals surface area contributed by atoms with Crippen molar-refractivity contribution < 1.29 is 19.4 Å². The summed E-state index contributed by atoms with van der Waals surface area (Å²) in [7, 11) is 0. The molecule has 17 heavy (non-hydrogen) atoms. The van der Waals surface area contributed by atoms with Gasteiger partial charge < -0.3 is 15.2 Å². The summed E-state index contributed by atoms with van der Waals surface area (Å²) >= 11 is 1.57. The number of hydrogen-bond acceptors (Lipinski definition) is 4. The first-order chi connectivity index (χ1) is 8.13. The van der Waals surface area contributed by atoms with Gasteiger partial charge in [-0.3, -0.25) is 4.79 Å². The highest BCUT2D eigenvalue weighted by atomic mass is 32.2. The lowest BCUT2D eigenvalue weighted by molar-refractivity contribution is -0.142. The summed E-state index contributed by atoms with van der Waals surface area (Å²) in [6.07, 6.45) is 4.46. The topological polar surface area (TPSA) is 75.6 Å². The van der Waals surface area contributed by atoms with Crippen molar-refractivity contribution in [1.82, 2.24) is 5.32 Å². The second-order valence-corrected chi connectivity index (χ2v) is 5.06. The van der Waals surface area contributed by atoms with Gasteiger partial charge in [-0.2, -0.15) is 11.8 Å². The van der Waals surface area contributed by atoms with Crippen molar-refractivity contribution in [3.8, 4) is 0 Å². The van der Waals surface area contributed by atoms with Crippen LogP contribution in [-0.4, -0.2) is 47.7 Å². The molecule has 0 spiro atoms. The Kier molecular flexibility index (Phi) is 6.36. The molecule has 0 radical (unpaired) electrons. The average molecular weight is 261 g/mol. The van der Waals surface area contributed by atoms with Gasteiger partial charge >= 0.3 is 5.97 Å². The highest BCUT2D eigenvalue weighted by molar-refractivity contribution is 7.98. The maximum atomic E-state index is 11.6. The first-order valence-corrected chi connectivity index (χ1v) is 7.15. The average Bonchev–Trinajstić information content (AvgIpc) is 2.76. The number of thioether (sulfide) groups is 1. The molecule has 0 saturated carbocycles. The molecule has 0 aromatic carbocycles. The van der Waals surface area contributed by atoms with Crippen LogP contribution in [0.2, 0.25) is 0 Å². The Labute approximate surface area is 105 Å². The molecule has 0 aromatic heterocycles. The van der Waals surface area contributed by atoms with E-state index in [1.54, 1.807) is 11.8 Å². The van der Waals surface area contributed by atoms with E-state index in [2.05, 4.69) is 5.32 Å². The lowest BCUT2D eigenvalue weighted by Crippen LogP contribution is -2.42. The molecule has 5 nitrogen and oxygen atoms in total. The van der Waals surface area contributed by atoms with Crippen LogP contribution in [0.5, 0.6) is 0 Å². The van der Waals surface area contributed by atoms with Crippen molar-refractivity contribution in [2.45, 2.75) is 37.8 Å². The van der Waals surface area contributed by atoms with Crippen LogP contribution in [0, 0.1) is 0 Å². The first kappa shape index (κ1) is 14.3. The third kappa shape index (κ3) is 5.41. The molecular formula is C11H19NO4S. The highest BCUT2D eigenvalue weighted by Crippen LogP contribution is 2.15. The summed E-state index contributed by atoms with van der Waals surface area (Å²) < 4.78 is 5.33. The van der Waals surface area contributed by atoms with Crippen LogP contribution in [-0.2, 0) is 14.3 Å². The Bertz CT molecular complexity index is 266. The predicted molar refractivity (Wildman–Crippen MR) is 66.2 cm³/mol. The molecular weight excluding hydrogens is 242 g/mol. The summed E-state index contributed by atoms with van der Waals surface area (Å²) in [5.74, 6) is -0.484. The van der Waals surface area contributed by atoms with E-state index < -0.39 is 12.0 Å². The smallest absolute Gasteiger partial charge is 0.326 e. The molecule has 1 fully saturated rings. The van der Waals surface area contributed by atoms with Crippen LogP contribution in [0.15, 0.2) is 0 Å². The van der Waals surface area contributed by atoms with E-state index in [4.69, 9.17) is 9.84 Å². The SMILES string of the molecule is CSCCC(NC(=O)CC1CCCO1)C(=O)O. The van der Waals surface area contributed by atoms with Crippen molar-refractivity contribution in [2.75, 3.05) is 18.6 Å². The number of nitrogens with one attached hydrogen (secondary N) is 1. The van der Waals surface area contributed by atoms with Gasteiger partial charge in [0.25, 0.3) is 0 Å². The van der Waals surface area contributed by atoms with Crippen molar-refractivity contribution in [3.05, 3.63) is 0 Å². The normalized spacial score (nSPS) is 21.1. The number of carboxylic acids is 1. The zero-order valence-electron chi connectivity index (χ0n) is 9.98. The minimum Gasteiger partial charge on any atom is -0.480 e. The fourth-order valence-corrected chi connectivity index (χ4v) is 2.23. The number of carboxylic acid groups (broad SMARTS) is 1. The van der Waals surface area contributed by atoms with Crippen LogP contribution >= 0.6 is 11.8 Å². The summed E-state index contributed by atoms with van der Waals surface area (Å²) in [6.45, 7) is 0.701. The van der Waals surface area contributed by atoms with Crippen molar-refractivity contribution >= 4 is 23.6 Å². The Morgan fingerprint density at radius 1 is 1.59 bits per heavy atom. The zero-order valence-corrected chi connectivity index (χ0v) is 10.8. The molecule has 0 bridgehead atoms. The maximum absolute atomic E-state index is 11.6. The van der Waals surface area contributed by atoms with E-state index in [0.29, 0.717) is 13.0 Å². The van der Waals surface area contributed by atoms with Gasteiger partial charge in [-0.05, 0) is 31.3 Å². The van der Waals surface area contributed by atoms with Gasteiger partial charge in [0, 0.05) is 6.61 Å². The third-order valence-corrected chi connectivity index (χ3v) is 3.32. The molecule has 98 valence electrons. The van der Waals surface area contributed by atoms with Gasteiger partial charge in [-0.15, -0.1) is 0 Å². The minimum absolute atomic E-state index is 0.0370. The zero-order chi connectivity index (χ0) is 12.7.